The van der Waals surface area contributed by atoms with E-state index >= 15 is 0 Å². The number of nitrogens with one attached hydrogen (secondary N) is 3. The molecule has 0 bridgehead atoms. The van der Waals surface area contributed by atoms with E-state index in [1.807, 2.05) is 36.1 Å². The molecule has 0 spiro atoms. The predicted molar refractivity (Wildman–Crippen MR) is 125 cm³/mol. The van der Waals surface area contributed by atoms with E-state index in [9.17, 15) is 9.59 Å². The van der Waals surface area contributed by atoms with Crippen LogP contribution in [0.15, 0.2) is 29.3 Å². The maximum Gasteiger partial charge on any atom is 0.227 e. The van der Waals surface area contributed by atoms with Crippen molar-refractivity contribution in [1.82, 2.24) is 16.0 Å². The minimum absolute atomic E-state index is 0.159. The number of amides is 2. The Labute approximate surface area is 186 Å². The number of carbonyl (C=O) groups is 2. The summed E-state index contributed by atoms with van der Waals surface area (Å²) in [5, 5.41) is 9.55. The normalized spacial score (nSPS) is 17.6. The Bertz CT molecular complexity index is 741. The Balaban J connectivity index is 1.40. The zero-order valence-corrected chi connectivity index (χ0v) is 18.8. The largest absolute Gasteiger partial charge is 0.357 e. The Morgan fingerprint density at radius 3 is 2.45 bits per heavy atom. The lowest BCUT2D eigenvalue weighted by atomic mass is 9.87. The van der Waals surface area contributed by atoms with E-state index in [1.54, 1.807) is 0 Å². The fourth-order valence-corrected chi connectivity index (χ4v) is 4.32. The van der Waals surface area contributed by atoms with Gasteiger partial charge in [0.15, 0.2) is 5.96 Å². The van der Waals surface area contributed by atoms with Crippen molar-refractivity contribution in [2.24, 2.45) is 10.9 Å². The van der Waals surface area contributed by atoms with Crippen LogP contribution in [-0.2, 0) is 16.1 Å². The van der Waals surface area contributed by atoms with E-state index in [0.29, 0.717) is 38.4 Å². The molecule has 1 saturated carbocycles. The van der Waals surface area contributed by atoms with Gasteiger partial charge in [0, 0.05) is 44.7 Å². The highest BCUT2D eigenvalue weighted by Gasteiger charge is 2.21. The van der Waals surface area contributed by atoms with E-state index in [1.165, 1.54) is 32.1 Å². The van der Waals surface area contributed by atoms with Gasteiger partial charge in [-0.1, -0.05) is 31.4 Å². The summed E-state index contributed by atoms with van der Waals surface area (Å²) in [5.41, 5.74) is 2.05. The minimum Gasteiger partial charge on any atom is -0.357 e. The van der Waals surface area contributed by atoms with Gasteiger partial charge in [-0.3, -0.25) is 9.59 Å². The first kappa shape index (κ1) is 23.1. The third-order valence-electron chi connectivity index (χ3n) is 6.02. The molecule has 7 heteroatoms. The fourth-order valence-electron chi connectivity index (χ4n) is 4.32. The van der Waals surface area contributed by atoms with Gasteiger partial charge in [-0.05, 0) is 49.8 Å². The van der Waals surface area contributed by atoms with Gasteiger partial charge in [-0.15, -0.1) is 0 Å². The Morgan fingerprint density at radius 2 is 1.77 bits per heavy atom. The van der Waals surface area contributed by atoms with Crippen molar-refractivity contribution >= 4 is 23.5 Å². The molecule has 2 fully saturated rings. The maximum atomic E-state index is 12.1. The summed E-state index contributed by atoms with van der Waals surface area (Å²) < 4.78 is 0. The summed E-state index contributed by atoms with van der Waals surface area (Å²) in [4.78, 5) is 30.5. The second kappa shape index (κ2) is 12.3. The number of anilines is 1. The number of benzene rings is 1. The third-order valence-corrected chi connectivity index (χ3v) is 6.02. The lowest BCUT2D eigenvalue weighted by molar-refractivity contribution is -0.122. The molecule has 3 N–H and O–H groups in total. The zero-order valence-electron chi connectivity index (χ0n) is 18.8. The molecular weight excluding hydrogens is 390 g/mol. The van der Waals surface area contributed by atoms with Crippen molar-refractivity contribution in [3.05, 3.63) is 29.8 Å². The van der Waals surface area contributed by atoms with Crippen molar-refractivity contribution < 1.29 is 9.59 Å². The first-order chi connectivity index (χ1) is 15.2. The quantitative estimate of drug-likeness (QED) is 0.321. The highest BCUT2D eigenvalue weighted by molar-refractivity contribution is 5.95. The van der Waals surface area contributed by atoms with Gasteiger partial charge in [-0.25, -0.2) is 4.99 Å². The van der Waals surface area contributed by atoms with Gasteiger partial charge in [0.1, 0.15) is 0 Å². The standard InChI is InChI=1S/C24H37N5O2/c1-2-25-24(27-15-14-26-22(30)17-19-7-4-3-5-8-19)28-18-20-10-12-21(13-11-20)29-16-6-9-23(29)31/h10-13,19H,2-9,14-18H2,1H3,(H,26,30)(H2,25,27,28). The van der Waals surface area contributed by atoms with Gasteiger partial charge in [0.05, 0.1) is 6.54 Å². The number of rotatable bonds is 9. The van der Waals surface area contributed by atoms with Gasteiger partial charge < -0.3 is 20.9 Å². The van der Waals surface area contributed by atoms with E-state index < -0.39 is 0 Å². The van der Waals surface area contributed by atoms with Crippen molar-refractivity contribution in [2.75, 3.05) is 31.1 Å². The molecule has 0 radical (unpaired) electrons. The molecule has 1 aliphatic heterocycles. The van der Waals surface area contributed by atoms with Crippen molar-refractivity contribution in [3.63, 3.8) is 0 Å². The molecule has 1 saturated heterocycles. The average Bonchev–Trinajstić information content (AvgIpc) is 3.22. The summed E-state index contributed by atoms with van der Waals surface area (Å²) in [7, 11) is 0. The van der Waals surface area contributed by atoms with E-state index in [4.69, 9.17) is 0 Å². The van der Waals surface area contributed by atoms with Crippen LogP contribution < -0.4 is 20.9 Å². The lowest BCUT2D eigenvalue weighted by Crippen LogP contribution is -2.41. The number of nitrogens with zero attached hydrogens (tertiary/aromatic N) is 2. The summed E-state index contributed by atoms with van der Waals surface area (Å²) >= 11 is 0. The smallest absolute Gasteiger partial charge is 0.227 e. The molecule has 2 amide bonds. The number of carbonyl (C=O) groups excluding carboxylic acids is 2. The lowest BCUT2D eigenvalue weighted by Gasteiger charge is -2.20. The van der Waals surface area contributed by atoms with Gasteiger partial charge >= 0.3 is 0 Å². The second-order valence-corrected chi connectivity index (χ2v) is 8.50. The Morgan fingerprint density at radius 1 is 1.03 bits per heavy atom. The summed E-state index contributed by atoms with van der Waals surface area (Å²) in [6.45, 7) is 5.40. The second-order valence-electron chi connectivity index (χ2n) is 8.50. The van der Waals surface area contributed by atoms with Crippen LogP contribution in [0.1, 0.15) is 63.9 Å². The van der Waals surface area contributed by atoms with Crippen LogP contribution in [0.3, 0.4) is 0 Å². The van der Waals surface area contributed by atoms with Crippen LogP contribution in [0.5, 0.6) is 0 Å². The molecule has 1 aromatic rings. The number of guanidine groups is 1. The summed E-state index contributed by atoms with van der Waals surface area (Å²) in [6, 6.07) is 8.05. The van der Waals surface area contributed by atoms with E-state index in [2.05, 4.69) is 20.9 Å². The first-order valence-electron chi connectivity index (χ1n) is 11.8. The highest BCUT2D eigenvalue weighted by Crippen LogP contribution is 2.26. The topological polar surface area (TPSA) is 85.8 Å². The molecule has 0 unspecified atom stereocenters. The van der Waals surface area contributed by atoms with Crippen LogP contribution in [0, 0.1) is 5.92 Å². The van der Waals surface area contributed by atoms with E-state index in [0.717, 1.165) is 36.7 Å². The van der Waals surface area contributed by atoms with Crippen LogP contribution in [0.4, 0.5) is 5.69 Å². The van der Waals surface area contributed by atoms with E-state index in [-0.39, 0.29) is 11.8 Å². The fraction of sp³-hybridized carbons (Fsp3) is 0.625. The average molecular weight is 428 g/mol. The SMILES string of the molecule is CCNC(=NCc1ccc(N2CCCC2=O)cc1)NCCNC(=O)CC1CCCCC1. The molecule has 0 aromatic heterocycles. The highest BCUT2D eigenvalue weighted by atomic mass is 16.2. The Hall–Kier alpha value is -2.57. The van der Waals surface area contributed by atoms with Crippen LogP contribution >= 0.6 is 0 Å². The molecule has 7 nitrogen and oxygen atoms in total. The van der Waals surface area contributed by atoms with Crippen LogP contribution in [0.2, 0.25) is 0 Å². The third kappa shape index (κ3) is 7.56. The molecular formula is C24H37N5O2. The van der Waals surface area contributed by atoms with Gasteiger partial charge in [0.25, 0.3) is 0 Å². The summed E-state index contributed by atoms with van der Waals surface area (Å²) in [6.07, 6.45) is 8.47. The van der Waals surface area contributed by atoms with Crippen LogP contribution in [-0.4, -0.2) is 44.0 Å². The summed E-state index contributed by atoms with van der Waals surface area (Å²) in [5.74, 6) is 1.67. The minimum atomic E-state index is 0.159. The monoisotopic (exact) mass is 427 g/mol. The Kier molecular flexibility index (Phi) is 9.18. The molecule has 1 aliphatic carbocycles. The zero-order chi connectivity index (χ0) is 21.9. The molecule has 1 aromatic carbocycles. The number of hydrogen-bond acceptors (Lipinski definition) is 3. The molecule has 170 valence electrons. The molecule has 0 atom stereocenters. The molecule has 3 rings (SSSR count). The van der Waals surface area contributed by atoms with Crippen molar-refractivity contribution in [3.8, 4) is 0 Å². The number of aliphatic imine (C=N–C) groups is 1. The molecule has 31 heavy (non-hydrogen) atoms. The van der Waals surface area contributed by atoms with Crippen LogP contribution in [0.25, 0.3) is 0 Å². The van der Waals surface area contributed by atoms with Gasteiger partial charge in [0.2, 0.25) is 11.8 Å². The number of hydrogen-bond donors (Lipinski definition) is 3. The molecule has 1 heterocycles. The molecule has 2 aliphatic rings. The first-order valence-corrected chi connectivity index (χ1v) is 11.8. The maximum absolute atomic E-state index is 12.1. The van der Waals surface area contributed by atoms with Crippen molar-refractivity contribution in [2.45, 2.75) is 64.8 Å². The predicted octanol–water partition coefficient (Wildman–Crippen LogP) is 2.96. The van der Waals surface area contributed by atoms with Crippen molar-refractivity contribution in [1.29, 1.82) is 0 Å². The van der Waals surface area contributed by atoms with Gasteiger partial charge in [-0.2, -0.15) is 0 Å².